The van der Waals surface area contributed by atoms with Gasteiger partial charge in [-0.15, -0.1) is 6.58 Å². The summed E-state index contributed by atoms with van der Waals surface area (Å²) in [6.07, 6.45) is 4.30. The van der Waals surface area contributed by atoms with Crippen LogP contribution >= 0.6 is 0 Å². The Morgan fingerprint density at radius 2 is 1.66 bits per heavy atom. The van der Waals surface area contributed by atoms with Crippen molar-refractivity contribution in [2.45, 2.75) is 6.04 Å². The van der Waals surface area contributed by atoms with Gasteiger partial charge in [-0.05, 0) is 18.2 Å². The second-order valence-electron chi connectivity index (χ2n) is 8.93. The van der Waals surface area contributed by atoms with Gasteiger partial charge in [-0.2, -0.15) is 0 Å². The predicted molar refractivity (Wildman–Crippen MR) is 143 cm³/mol. The van der Waals surface area contributed by atoms with Gasteiger partial charge in [0.1, 0.15) is 0 Å². The number of carbonyl (C=O) groups is 3. The molecule has 2 aromatic carbocycles. The fraction of sp³-hybridized carbons (Fsp3) is 0.240. The fourth-order valence-corrected chi connectivity index (χ4v) is 5.82. The zero-order chi connectivity index (χ0) is 27.8. The summed E-state index contributed by atoms with van der Waals surface area (Å²) in [5.41, 5.74) is 0.172. The molecule has 1 aromatic heterocycles. The minimum atomic E-state index is -3.98. The van der Waals surface area contributed by atoms with Crippen LogP contribution in [0.25, 0.3) is 10.9 Å². The smallest absolute Gasteiger partial charge is 0.295 e. The summed E-state index contributed by atoms with van der Waals surface area (Å²) in [6.45, 7) is 4.13. The van der Waals surface area contributed by atoms with Crippen molar-refractivity contribution >= 4 is 54.2 Å². The third kappa shape index (κ3) is 5.34. The number of benzene rings is 2. The largest absolute Gasteiger partial charge is 0.334 e. The molecule has 1 aliphatic heterocycles. The van der Waals surface area contributed by atoms with Crippen LogP contribution in [0.3, 0.4) is 0 Å². The molecule has 0 radical (unpaired) electrons. The third-order valence-corrected chi connectivity index (χ3v) is 7.74. The van der Waals surface area contributed by atoms with E-state index in [9.17, 15) is 31.2 Å². The van der Waals surface area contributed by atoms with Gasteiger partial charge in [0.05, 0.1) is 35.3 Å². The summed E-state index contributed by atoms with van der Waals surface area (Å²) >= 11 is 0. The van der Waals surface area contributed by atoms with E-state index in [2.05, 4.69) is 11.3 Å². The zero-order valence-electron chi connectivity index (χ0n) is 20.7. The molecule has 2 amide bonds. The van der Waals surface area contributed by atoms with Gasteiger partial charge in [-0.1, -0.05) is 36.4 Å². The van der Waals surface area contributed by atoms with Crippen LogP contribution in [0.4, 0.5) is 5.69 Å². The maximum atomic E-state index is 13.4. The average molecular weight is 559 g/mol. The number of hydrogen-bond donors (Lipinski definition) is 1. The number of hydrogen-bond acceptors (Lipinski definition) is 7. The second kappa shape index (κ2) is 10.1. The Labute approximate surface area is 220 Å². The molecule has 1 saturated heterocycles. The molecule has 0 saturated carbocycles. The maximum Gasteiger partial charge on any atom is 0.295 e. The summed E-state index contributed by atoms with van der Waals surface area (Å²) in [5, 5.41) is 0.0930. The molecule has 0 aliphatic carbocycles. The molecule has 0 bridgehead atoms. The lowest BCUT2D eigenvalue weighted by molar-refractivity contribution is -0.129. The summed E-state index contributed by atoms with van der Waals surface area (Å²) in [4.78, 5) is 42.6. The molecule has 3 aromatic rings. The molecule has 200 valence electrons. The Bertz CT molecular complexity index is 1660. The van der Waals surface area contributed by atoms with Crippen LogP contribution < -0.4 is 4.72 Å². The molecule has 1 unspecified atom stereocenters. The highest BCUT2D eigenvalue weighted by Crippen LogP contribution is 2.31. The number of amides is 2. The molecule has 1 atom stereocenters. The topological polar surface area (TPSA) is 143 Å². The number of ketones is 1. The first-order valence-electron chi connectivity index (χ1n) is 11.5. The number of anilines is 1. The van der Waals surface area contributed by atoms with Gasteiger partial charge in [-0.3, -0.25) is 19.1 Å². The summed E-state index contributed by atoms with van der Waals surface area (Å²) in [5.74, 6) is -2.07. The predicted octanol–water partition coefficient (Wildman–Crippen LogP) is 1.54. The van der Waals surface area contributed by atoms with Crippen molar-refractivity contribution in [1.82, 2.24) is 13.8 Å². The third-order valence-electron chi connectivity index (χ3n) is 6.14. The van der Waals surface area contributed by atoms with Crippen molar-refractivity contribution in [3.8, 4) is 0 Å². The molecule has 1 N–H and O–H groups in total. The number of aromatic nitrogens is 1. The van der Waals surface area contributed by atoms with Gasteiger partial charge < -0.3 is 9.80 Å². The molecular formula is C25H26N4O7S2. The molecule has 0 spiro atoms. The van der Waals surface area contributed by atoms with Gasteiger partial charge in [0.15, 0.2) is 0 Å². The van der Waals surface area contributed by atoms with Gasteiger partial charge in [-0.25, -0.2) is 20.8 Å². The van der Waals surface area contributed by atoms with E-state index in [1.54, 1.807) is 35.2 Å². The van der Waals surface area contributed by atoms with Crippen molar-refractivity contribution in [2.75, 3.05) is 36.9 Å². The SMILES string of the molecule is C=CC1CN(C(=O)c2ccccc2)CCN1C(=O)C(=O)c1cn(S(C)(=O)=O)c2c(NS(C)(=O)=O)cccc12. The Morgan fingerprint density at radius 1 is 0.974 bits per heavy atom. The number of piperazine rings is 1. The number of nitrogens with zero attached hydrogens (tertiary/aromatic N) is 3. The minimum Gasteiger partial charge on any atom is -0.334 e. The molecule has 1 aliphatic rings. The van der Waals surface area contributed by atoms with Crippen LogP contribution in [-0.2, 0) is 24.8 Å². The zero-order valence-corrected chi connectivity index (χ0v) is 22.3. The number of nitrogens with one attached hydrogen (secondary N) is 1. The lowest BCUT2D eigenvalue weighted by atomic mass is 10.0. The first-order chi connectivity index (χ1) is 17.8. The number of carbonyl (C=O) groups excluding carboxylic acids is 3. The Kier molecular flexibility index (Phi) is 7.17. The van der Waals surface area contributed by atoms with Gasteiger partial charge in [0.25, 0.3) is 17.6 Å². The standard InChI is InChI=1S/C25H26N4O7S2/c1-4-18-15-27(24(31)17-9-6-5-7-10-17)13-14-28(18)25(32)23(30)20-16-29(38(3,35)36)22-19(20)11-8-12-21(22)26-37(2,33)34/h4-12,16,18,26H,1,13-15H2,2-3H3. The summed E-state index contributed by atoms with van der Waals surface area (Å²) in [7, 11) is -7.76. The number of Topliss-reactive ketones (excluding diaryl/α,β-unsaturated/α-hetero) is 1. The van der Waals surface area contributed by atoms with E-state index < -0.39 is 37.8 Å². The van der Waals surface area contributed by atoms with Gasteiger partial charge in [0, 0.05) is 36.8 Å². The van der Waals surface area contributed by atoms with Crippen LogP contribution in [0.2, 0.25) is 0 Å². The monoisotopic (exact) mass is 558 g/mol. The van der Waals surface area contributed by atoms with Gasteiger partial charge in [0.2, 0.25) is 20.0 Å². The van der Waals surface area contributed by atoms with Crippen molar-refractivity contribution in [2.24, 2.45) is 0 Å². The summed E-state index contributed by atoms with van der Waals surface area (Å²) < 4.78 is 51.8. The molecule has 11 nitrogen and oxygen atoms in total. The summed E-state index contributed by atoms with van der Waals surface area (Å²) in [6, 6.07) is 12.3. The van der Waals surface area contributed by atoms with Crippen LogP contribution in [-0.4, -0.2) is 86.4 Å². The van der Waals surface area contributed by atoms with E-state index in [1.165, 1.54) is 29.2 Å². The maximum absolute atomic E-state index is 13.4. The van der Waals surface area contributed by atoms with Gasteiger partial charge >= 0.3 is 0 Å². The molecule has 38 heavy (non-hydrogen) atoms. The lowest BCUT2D eigenvalue weighted by Gasteiger charge is -2.39. The van der Waals surface area contributed by atoms with Crippen LogP contribution in [0.1, 0.15) is 20.7 Å². The van der Waals surface area contributed by atoms with E-state index in [4.69, 9.17) is 0 Å². The van der Waals surface area contributed by atoms with E-state index in [1.807, 2.05) is 0 Å². The molecule has 4 rings (SSSR count). The lowest BCUT2D eigenvalue weighted by Crippen LogP contribution is -2.57. The fourth-order valence-electron chi connectivity index (χ4n) is 4.43. The molecule has 2 heterocycles. The van der Waals surface area contributed by atoms with Crippen molar-refractivity contribution in [1.29, 1.82) is 0 Å². The highest BCUT2D eigenvalue weighted by molar-refractivity contribution is 7.92. The van der Waals surface area contributed by atoms with Crippen LogP contribution in [0.15, 0.2) is 67.4 Å². The highest BCUT2D eigenvalue weighted by atomic mass is 32.2. The normalized spacial score (nSPS) is 16.3. The van der Waals surface area contributed by atoms with E-state index in [0.29, 0.717) is 5.56 Å². The molecular weight excluding hydrogens is 532 g/mol. The quantitative estimate of drug-likeness (QED) is 0.263. The number of sulfonamides is 1. The van der Waals surface area contributed by atoms with E-state index in [-0.39, 0.29) is 47.7 Å². The highest BCUT2D eigenvalue weighted by Gasteiger charge is 2.36. The van der Waals surface area contributed by atoms with Crippen molar-refractivity contribution in [3.63, 3.8) is 0 Å². The van der Waals surface area contributed by atoms with Crippen LogP contribution in [0.5, 0.6) is 0 Å². The number of rotatable bonds is 7. The molecule has 1 fully saturated rings. The van der Waals surface area contributed by atoms with Crippen LogP contribution in [0, 0.1) is 0 Å². The van der Waals surface area contributed by atoms with Crippen molar-refractivity contribution in [3.05, 3.63) is 78.5 Å². The Balaban J connectivity index is 1.67. The Morgan fingerprint density at radius 3 is 2.26 bits per heavy atom. The van der Waals surface area contributed by atoms with E-state index in [0.717, 1.165) is 22.7 Å². The van der Waals surface area contributed by atoms with Crippen molar-refractivity contribution < 1.29 is 31.2 Å². The van der Waals surface area contributed by atoms with E-state index >= 15 is 0 Å². The second-order valence-corrected chi connectivity index (χ2v) is 12.5. The number of fused-ring (bicyclic) bond motifs is 1. The first-order valence-corrected chi connectivity index (χ1v) is 15.2. The molecule has 13 heteroatoms. The Hall–Kier alpha value is -3.97. The minimum absolute atomic E-state index is 0.0565. The number of para-hydroxylation sites is 1. The first kappa shape index (κ1) is 27.1. The average Bonchev–Trinajstić information content (AvgIpc) is 3.28.